The molecule has 0 atom stereocenters. The first-order valence-corrected chi connectivity index (χ1v) is 8.27. The fraction of sp³-hybridized carbons (Fsp3) is 0.455. The van der Waals surface area contributed by atoms with Gasteiger partial charge in [-0.2, -0.15) is 0 Å². The predicted octanol–water partition coefficient (Wildman–Crippen LogP) is 1.53. The van der Waals surface area contributed by atoms with Crippen molar-refractivity contribution in [3.05, 3.63) is 23.0 Å². The van der Waals surface area contributed by atoms with Crippen LogP contribution in [0.4, 0.5) is 0 Å². The van der Waals surface area contributed by atoms with E-state index in [1.165, 1.54) is 11.8 Å². The summed E-state index contributed by atoms with van der Waals surface area (Å²) in [5, 5.41) is 9.12. The Kier molecular flexibility index (Phi) is 4.75. The molecular formula is C11H15NO4S2. The van der Waals surface area contributed by atoms with Gasteiger partial charge in [-0.1, -0.05) is 0 Å². The van der Waals surface area contributed by atoms with Crippen LogP contribution in [0.3, 0.4) is 0 Å². The van der Waals surface area contributed by atoms with Crippen molar-refractivity contribution in [3.63, 3.8) is 0 Å². The lowest BCUT2D eigenvalue weighted by Crippen LogP contribution is -2.08. The first-order valence-electron chi connectivity index (χ1n) is 5.23. The van der Waals surface area contributed by atoms with Gasteiger partial charge in [-0.3, -0.25) is 4.98 Å². The second-order valence-electron chi connectivity index (χ2n) is 4.01. The number of aromatic carboxylic acids is 1. The number of carboxylic acid groups (broad SMARTS) is 1. The van der Waals surface area contributed by atoms with Gasteiger partial charge in [-0.15, -0.1) is 11.8 Å². The number of nitrogens with zero attached hydrogens (tertiary/aromatic N) is 1. The fourth-order valence-corrected chi connectivity index (χ4v) is 3.87. The van der Waals surface area contributed by atoms with Crippen LogP contribution in [-0.4, -0.2) is 42.2 Å². The van der Waals surface area contributed by atoms with Gasteiger partial charge in [0.2, 0.25) is 0 Å². The number of sulfone groups is 1. The Morgan fingerprint density at radius 3 is 2.56 bits per heavy atom. The molecule has 1 N–H and O–H groups in total. The molecule has 0 aliphatic rings. The van der Waals surface area contributed by atoms with Crippen molar-refractivity contribution < 1.29 is 18.3 Å². The first kappa shape index (κ1) is 15.0. The van der Waals surface area contributed by atoms with E-state index in [2.05, 4.69) is 4.98 Å². The zero-order valence-electron chi connectivity index (χ0n) is 10.4. The summed E-state index contributed by atoms with van der Waals surface area (Å²) in [6, 6.07) is 1.67. The molecule has 1 rings (SSSR count). The summed E-state index contributed by atoms with van der Waals surface area (Å²) < 4.78 is 22.1. The largest absolute Gasteiger partial charge is 0.478 e. The number of carboxylic acids is 1. The Hall–Kier alpha value is -1.08. The third-order valence-corrected chi connectivity index (χ3v) is 4.46. The second kappa shape index (κ2) is 5.71. The average molecular weight is 289 g/mol. The minimum absolute atomic E-state index is 0.0249. The van der Waals surface area contributed by atoms with Crippen LogP contribution in [0.25, 0.3) is 0 Å². The van der Waals surface area contributed by atoms with Crippen molar-refractivity contribution in [1.82, 2.24) is 4.98 Å². The van der Waals surface area contributed by atoms with Crippen molar-refractivity contribution in [2.45, 2.75) is 18.7 Å². The maximum atomic E-state index is 11.1. The molecule has 0 spiro atoms. The normalized spacial score (nSPS) is 11.5. The molecule has 0 unspecified atom stereocenters. The van der Waals surface area contributed by atoms with E-state index in [9.17, 15) is 13.2 Å². The fourth-order valence-electron chi connectivity index (χ4n) is 1.47. The van der Waals surface area contributed by atoms with Gasteiger partial charge in [0.15, 0.2) is 0 Å². The SMILES string of the molecule is Cc1cc(SCCS(C)(=O)=O)c(C(=O)O)c(C)n1. The summed E-state index contributed by atoms with van der Waals surface area (Å²) >= 11 is 1.23. The first-order chi connectivity index (χ1) is 8.20. The highest BCUT2D eigenvalue weighted by Crippen LogP contribution is 2.25. The molecule has 5 nitrogen and oxygen atoms in total. The van der Waals surface area contributed by atoms with Gasteiger partial charge < -0.3 is 5.11 Å². The van der Waals surface area contributed by atoms with Crippen molar-refractivity contribution in [2.75, 3.05) is 17.8 Å². The lowest BCUT2D eigenvalue weighted by molar-refractivity contribution is 0.0691. The maximum absolute atomic E-state index is 11.1. The highest BCUT2D eigenvalue weighted by Gasteiger charge is 2.16. The lowest BCUT2D eigenvalue weighted by Gasteiger charge is -2.09. The maximum Gasteiger partial charge on any atom is 0.338 e. The van der Waals surface area contributed by atoms with Crippen LogP contribution >= 0.6 is 11.8 Å². The van der Waals surface area contributed by atoms with E-state index in [1.54, 1.807) is 19.9 Å². The number of carbonyl (C=O) groups is 1. The van der Waals surface area contributed by atoms with Crippen LogP contribution in [-0.2, 0) is 9.84 Å². The standard InChI is InChI=1S/C11H15NO4S2/c1-7-6-9(17-4-5-18(3,15)16)10(11(13)14)8(2)12-7/h6H,4-5H2,1-3H3,(H,13,14). The Morgan fingerprint density at radius 1 is 1.44 bits per heavy atom. The highest BCUT2D eigenvalue weighted by atomic mass is 32.2. The molecule has 0 fully saturated rings. The summed E-state index contributed by atoms with van der Waals surface area (Å²) in [5.41, 5.74) is 1.32. The lowest BCUT2D eigenvalue weighted by atomic mass is 10.2. The van der Waals surface area contributed by atoms with Crippen LogP contribution in [0.15, 0.2) is 11.0 Å². The minimum Gasteiger partial charge on any atom is -0.478 e. The van der Waals surface area contributed by atoms with Crippen LogP contribution in [0.5, 0.6) is 0 Å². The Morgan fingerprint density at radius 2 is 2.06 bits per heavy atom. The van der Waals surface area contributed by atoms with Crippen molar-refractivity contribution in [3.8, 4) is 0 Å². The quantitative estimate of drug-likeness (QED) is 0.828. The number of hydrogen-bond acceptors (Lipinski definition) is 5. The van der Waals surface area contributed by atoms with Crippen molar-refractivity contribution in [1.29, 1.82) is 0 Å². The van der Waals surface area contributed by atoms with Crippen molar-refractivity contribution in [2.24, 2.45) is 0 Å². The summed E-state index contributed by atoms with van der Waals surface area (Å²) in [5.74, 6) is -0.680. The van der Waals surface area contributed by atoms with Crippen LogP contribution in [0, 0.1) is 13.8 Å². The number of thioether (sulfide) groups is 1. The Labute approximate surface area is 111 Å². The summed E-state index contributed by atoms with van der Waals surface area (Å²) in [6.07, 6.45) is 1.16. The number of pyridine rings is 1. The van der Waals surface area contributed by atoms with Crippen LogP contribution in [0.2, 0.25) is 0 Å². The Balaban J connectivity index is 2.97. The molecule has 0 bridgehead atoms. The van der Waals surface area contributed by atoms with Gasteiger partial charge in [0.05, 0.1) is 17.0 Å². The third kappa shape index (κ3) is 4.30. The van der Waals surface area contributed by atoms with Gasteiger partial charge in [0, 0.05) is 22.6 Å². The molecule has 1 heterocycles. The molecule has 0 amide bonds. The predicted molar refractivity (Wildman–Crippen MR) is 71.1 cm³/mol. The molecule has 0 aliphatic carbocycles. The van der Waals surface area contributed by atoms with E-state index >= 15 is 0 Å². The van der Waals surface area contributed by atoms with Gasteiger partial charge in [0.25, 0.3) is 0 Å². The molecule has 0 saturated heterocycles. The number of rotatable bonds is 5. The number of aryl methyl sites for hydroxylation is 2. The van der Waals surface area contributed by atoms with Gasteiger partial charge in [-0.25, -0.2) is 13.2 Å². The molecule has 18 heavy (non-hydrogen) atoms. The minimum atomic E-state index is -3.03. The van der Waals surface area contributed by atoms with E-state index in [0.29, 0.717) is 16.3 Å². The molecule has 100 valence electrons. The summed E-state index contributed by atoms with van der Waals surface area (Å²) in [7, 11) is -3.03. The van der Waals surface area contributed by atoms with E-state index in [0.717, 1.165) is 11.9 Å². The monoisotopic (exact) mass is 289 g/mol. The van der Waals surface area contributed by atoms with E-state index < -0.39 is 15.8 Å². The summed E-state index contributed by atoms with van der Waals surface area (Å²) in [4.78, 5) is 15.8. The topological polar surface area (TPSA) is 84.3 Å². The zero-order chi connectivity index (χ0) is 13.9. The van der Waals surface area contributed by atoms with Gasteiger partial charge in [-0.05, 0) is 19.9 Å². The molecule has 0 saturated carbocycles. The number of hydrogen-bond donors (Lipinski definition) is 1. The smallest absolute Gasteiger partial charge is 0.338 e. The third-order valence-electron chi connectivity index (χ3n) is 2.22. The van der Waals surface area contributed by atoms with E-state index in [4.69, 9.17) is 5.11 Å². The van der Waals surface area contributed by atoms with Gasteiger partial charge in [0.1, 0.15) is 9.84 Å². The Bertz CT molecular complexity index is 567. The average Bonchev–Trinajstić information content (AvgIpc) is 2.13. The molecular weight excluding hydrogens is 274 g/mol. The summed E-state index contributed by atoms with van der Waals surface area (Å²) in [6.45, 7) is 3.41. The number of aromatic nitrogens is 1. The van der Waals surface area contributed by atoms with Gasteiger partial charge >= 0.3 is 5.97 Å². The van der Waals surface area contributed by atoms with Crippen molar-refractivity contribution >= 4 is 27.6 Å². The molecule has 1 aromatic rings. The van der Waals surface area contributed by atoms with E-state index in [1.807, 2.05) is 0 Å². The molecule has 0 aromatic carbocycles. The molecule has 0 aliphatic heterocycles. The second-order valence-corrected chi connectivity index (χ2v) is 7.40. The molecule has 1 aromatic heterocycles. The van der Waals surface area contributed by atoms with E-state index in [-0.39, 0.29) is 11.3 Å². The molecule has 7 heteroatoms. The molecule has 0 radical (unpaired) electrons. The highest BCUT2D eigenvalue weighted by molar-refractivity contribution is 8.00. The van der Waals surface area contributed by atoms with Crippen LogP contribution < -0.4 is 0 Å². The zero-order valence-corrected chi connectivity index (χ0v) is 12.1. The van der Waals surface area contributed by atoms with Crippen LogP contribution in [0.1, 0.15) is 21.7 Å².